The van der Waals surface area contributed by atoms with Crippen LogP contribution in [0, 0.1) is 0 Å². The van der Waals surface area contributed by atoms with Crippen molar-refractivity contribution in [2.45, 2.75) is 79.5 Å². The average Bonchev–Trinajstić information content (AvgIpc) is 2.84. The predicted molar refractivity (Wildman–Crippen MR) is 144 cm³/mol. The van der Waals surface area contributed by atoms with E-state index in [2.05, 4.69) is 37.6 Å². The molecular formula is C28H42N2O2Sn. The summed E-state index contributed by atoms with van der Waals surface area (Å²) in [5.74, 6) is 0.0142. The van der Waals surface area contributed by atoms with Crippen LogP contribution in [0.5, 0.6) is 5.75 Å². The van der Waals surface area contributed by atoms with Gasteiger partial charge in [0.1, 0.15) is 5.75 Å². The quantitative estimate of drug-likeness (QED) is 0.0811. The molecule has 0 unspecified atom stereocenters. The Kier molecular flexibility index (Phi) is 16.3. The Morgan fingerprint density at radius 3 is 1.67 bits per heavy atom. The van der Waals surface area contributed by atoms with Gasteiger partial charge in [0.2, 0.25) is 0 Å². The van der Waals surface area contributed by atoms with E-state index in [0.717, 1.165) is 5.69 Å². The van der Waals surface area contributed by atoms with Crippen LogP contribution in [0.2, 0.25) is 13.3 Å². The summed E-state index contributed by atoms with van der Waals surface area (Å²) in [5, 5.41) is 8.20. The number of hydrogen-bond acceptors (Lipinski definition) is 4. The normalized spacial score (nSPS) is 10.7. The van der Waals surface area contributed by atoms with E-state index in [1.807, 2.05) is 30.3 Å². The van der Waals surface area contributed by atoms with Gasteiger partial charge in [0.25, 0.3) is 0 Å². The van der Waals surface area contributed by atoms with Crippen LogP contribution in [-0.2, 0) is 4.79 Å². The molecule has 2 aromatic rings. The number of hydrogen-bond donors (Lipinski definition) is 0. The van der Waals surface area contributed by atoms with Crippen molar-refractivity contribution in [1.82, 2.24) is 0 Å². The topological polar surface area (TPSA) is 51.0 Å². The summed E-state index contributed by atoms with van der Waals surface area (Å²) >= 11 is -0.967. The number of azo groups is 1. The van der Waals surface area contributed by atoms with Crippen molar-refractivity contribution in [3.8, 4) is 5.75 Å². The molecule has 0 radical (unpaired) electrons. The molecule has 4 nitrogen and oxygen atoms in total. The first-order valence-corrected chi connectivity index (χ1v) is 19.4. The van der Waals surface area contributed by atoms with Gasteiger partial charge >= 0.3 is 98.3 Å². The van der Waals surface area contributed by atoms with Gasteiger partial charge in [-0.2, -0.15) is 10.2 Å². The first kappa shape index (κ1) is 29.1. The second-order valence-corrected chi connectivity index (χ2v) is 18.4. The maximum atomic E-state index is 11.3. The van der Waals surface area contributed by atoms with E-state index in [-0.39, 0.29) is 0 Å². The Labute approximate surface area is 208 Å². The molecule has 0 aliphatic carbocycles. The molecule has 0 spiro atoms. The Morgan fingerprint density at radius 2 is 1.24 bits per heavy atom. The molecular weight excluding hydrogens is 515 g/mol. The zero-order chi connectivity index (χ0) is 24.3. The molecule has 5 heteroatoms. The SMILES string of the molecule is C=C(C)C(=O)Oc1ccc(N=Nc2ccccc2)cc1.CCC[CH2][SnH]([CH2]CCC)[CH2]CCC. The van der Waals surface area contributed by atoms with Crippen molar-refractivity contribution in [2.75, 3.05) is 0 Å². The molecule has 0 N–H and O–H groups in total. The second-order valence-electron chi connectivity index (χ2n) is 8.49. The van der Waals surface area contributed by atoms with E-state index in [4.69, 9.17) is 4.74 Å². The van der Waals surface area contributed by atoms with Crippen molar-refractivity contribution in [3.05, 3.63) is 66.7 Å². The third-order valence-electron chi connectivity index (χ3n) is 5.33. The molecule has 33 heavy (non-hydrogen) atoms. The number of carbonyl (C=O) groups excluding carboxylic acids is 1. The number of carbonyl (C=O) groups is 1. The van der Waals surface area contributed by atoms with Crippen molar-refractivity contribution >= 4 is 37.1 Å². The zero-order valence-corrected chi connectivity index (χ0v) is 24.4. The van der Waals surface area contributed by atoms with Gasteiger partial charge in [0, 0.05) is 5.57 Å². The van der Waals surface area contributed by atoms with Gasteiger partial charge in [-0.05, 0) is 43.3 Å². The van der Waals surface area contributed by atoms with Gasteiger partial charge < -0.3 is 4.74 Å². The fraction of sp³-hybridized carbons (Fsp3) is 0.464. The zero-order valence-electron chi connectivity index (χ0n) is 21.1. The monoisotopic (exact) mass is 558 g/mol. The molecule has 2 rings (SSSR count). The summed E-state index contributed by atoms with van der Waals surface area (Å²) < 4.78 is 10.2. The van der Waals surface area contributed by atoms with Crippen molar-refractivity contribution < 1.29 is 9.53 Å². The van der Waals surface area contributed by atoms with Gasteiger partial charge in [-0.3, -0.25) is 0 Å². The van der Waals surface area contributed by atoms with E-state index >= 15 is 0 Å². The molecule has 0 saturated carbocycles. The molecule has 0 saturated heterocycles. The number of esters is 1. The molecule has 0 atom stereocenters. The van der Waals surface area contributed by atoms with E-state index in [9.17, 15) is 4.79 Å². The molecule has 2 aromatic carbocycles. The van der Waals surface area contributed by atoms with E-state index in [1.165, 1.54) is 38.5 Å². The molecule has 0 fully saturated rings. The van der Waals surface area contributed by atoms with Crippen LogP contribution in [0.1, 0.15) is 66.2 Å². The standard InChI is InChI=1S/C16H14N2O2.3C4H9.Sn.H/c1-12(2)16(19)20-15-10-8-14(9-11-15)18-17-13-6-4-3-5-7-13;3*1-3-4-2;;/h3-11H,1H2,2H3;3*1,3-4H2,2H3;;. The first-order chi connectivity index (χ1) is 16.0. The second kappa shape index (κ2) is 18.5. The third-order valence-corrected chi connectivity index (χ3v) is 15.8. The molecule has 0 heterocycles. The molecule has 0 aliphatic rings. The van der Waals surface area contributed by atoms with Gasteiger partial charge in [-0.25, -0.2) is 4.79 Å². The summed E-state index contributed by atoms with van der Waals surface area (Å²) in [6.07, 6.45) is 8.87. The summed E-state index contributed by atoms with van der Waals surface area (Å²) in [6.45, 7) is 12.1. The summed E-state index contributed by atoms with van der Waals surface area (Å²) in [4.78, 5) is 11.3. The maximum absolute atomic E-state index is 11.3. The molecule has 0 aromatic heterocycles. The van der Waals surface area contributed by atoms with Gasteiger partial charge in [0.05, 0.1) is 11.4 Å². The third kappa shape index (κ3) is 14.0. The Morgan fingerprint density at radius 1 is 0.788 bits per heavy atom. The summed E-state index contributed by atoms with van der Waals surface area (Å²) in [7, 11) is 0. The van der Waals surface area contributed by atoms with E-state index in [0.29, 0.717) is 17.0 Å². The van der Waals surface area contributed by atoms with Gasteiger partial charge in [0.15, 0.2) is 0 Å². The number of rotatable bonds is 13. The molecule has 180 valence electrons. The van der Waals surface area contributed by atoms with Crippen LogP contribution >= 0.6 is 0 Å². The Hall–Kier alpha value is -1.95. The number of benzene rings is 2. The minimum absolute atomic E-state index is 0.359. The van der Waals surface area contributed by atoms with Crippen LogP contribution in [-0.4, -0.2) is 25.7 Å². The van der Waals surface area contributed by atoms with Crippen molar-refractivity contribution in [3.63, 3.8) is 0 Å². The van der Waals surface area contributed by atoms with Crippen LogP contribution in [0.4, 0.5) is 11.4 Å². The minimum atomic E-state index is -0.967. The fourth-order valence-electron chi connectivity index (χ4n) is 3.30. The van der Waals surface area contributed by atoms with Crippen LogP contribution in [0.15, 0.2) is 77.0 Å². The van der Waals surface area contributed by atoms with Crippen LogP contribution in [0.25, 0.3) is 0 Å². The Balaban J connectivity index is 0.000000366. The van der Waals surface area contributed by atoms with Gasteiger partial charge in [-0.15, -0.1) is 0 Å². The van der Waals surface area contributed by atoms with E-state index < -0.39 is 25.7 Å². The van der Waals surface area contributed by atoms with Crippen LogP contribution < -0.4 is 4.74 Å². The first-order valence-electron chi connectivity index (χ1n) is 12.4. The predicted octanol–water partition coefficient (Wildman–Crippen LogP) is 9.20. The fourth-order valence-corrected chi connectivity index (χ4v) is 14.2. The van der Waals surface area contributed by atoms with Crippen molar-refractivity contribution in [2.24, 2.45) is 10.2 Å². The number of ether oxygens (including phenoxy) is 1. The number of unbranched alkanes of at least 4 members (excludes halogenated alkanes) is 3. The molecule has 0 aliphatic heterocycles. The van der Waals surface area contributed by atoms with E-state index in [1.54, 1.807) is 44.5 Å². The Bertz CT molecular complexity index is 801. The average molecular weight is 557 g/mol. The molecule has 0 amide bonds. The van der Waals surface area contributed by atoms with Crippen LogP contribution in [0.3, 0.4) is 0 Å². The number of nitrogens with zero attached hydrogens (tertiary/aromatic N) is 2. The molecule has 0 bridgehead atoms. The van der Waals surface area contributed by atoms with Gasteiger partial charge in [-0.1, -0.05) is 24.8 Å². The summed E-state index contributed by atoms with van der Waals surface area (Å²) in [5.41, 5.74) is 1.83. The van der Waals surface area contributed by atoms with Crippen molar-refractivity contribution in [1.29, 1.82) is 0 Å². The summed E-state index contributed by atoms with van der Waals surface area (Å²) in [6, 6.07) is 16.2.